The van der Waals surface area contributed by atoms with Gasteiger partial charge in [0.1, 0.15) is 19.0 Å². The van der Waals surface area contributed by atoms with Crippen molar-refractivity contribution in [2.45, 2.75) is 25.5 Å². The molecule has 0 radical (unpaired) electrons. The SMILES string of the molecule is OC(CCn1cncn1)Cc1ncncc1F. The van der Waals surface area contributed by atoms with Crippen LogP contribution in [0.1, 0.15) is 12.1 Å². The van der Waals surface area contributed by atoms with Crippen molar-refractivity contribution >= 4 is 0 Å². The second-order valence-corrected chi connectivity index (χ2v) is 3.62. The van der Waals surface area contributed by atoms with E-state index in [2.05, 4.69) is 20.1 Å². The van der Waals surface area contributed by atoms with Gasteiger partial charge >= 0.3 is 0 Å². The van der Waals surface area contributed by atoms with Crippen LogP contribution < -0.4 is 0 Å². The number of nitrogens with zero attached hydrogens (tertiary/aromatic N) is 5. The Labute approximate surface area is 97.2 Å². The molecule has 2 aromatic heterocycles. The van der Waals surface area contributed by atoms with E-state index in [1.54, 1.807) is 11.0 Å². The lowest BCUT2D eigenvalue weighted by Gasteiger charge is -2.09. The molecule has 0 spiro atoms. The molecular weight excluding hydrogens is 225 g/mol. The van der Waals surface area contributed by atoms with E-state index in [0.717, 1.165) is 6.20 Å². The zero-order valence-electron chi connectivity index (χ0n) is 9.07. The van der Waals surface area contributed by atoms with Crippen LogP contribution in [-0.4, -0.2) is 35.9 Å². The molecule has 0 saturated heterocycles. The highest BCUT2D eigenvalue weighted by molar-refractivity contribution is 5.02. The normalized spacial score (nSPS) is 12.6. The Hall–Kier alpha value is -1.89. The van der Waals surface area contributed by atoms with Crippen molar-refractivity contribution in [2.75, 3.05) is 0 Å². The van der Waals surface area contributed by atoms with E-state index in [1.165, 1.54) is 12.7 Å². The molecule has 7 heteroatoms. The summed E-state index contributed by atoms with van der Waals surface area (Å²) >= 11 is 0. The number of aromatic nitrogens is 5. The molecule has 0 aliphatic carbocycles. The molecule has 0 saturated carbocycles. The monoisotopic (exact) mass is 237 g/mol. The summed E-state index contributed by atoms with van der Waals surface area (Å²) in [4.78, 5) is 11.1. The highest BCUT2D eigenvalue weighted by Crippen LogP contribution is 2.07. The van der Waals surface area contributed by atoms with Gasteiger partial charge in [-0.15, -0.1) is 0 Å². The van der Waals surface area contributed by atoms with Gasteiger partial charge in [0.25, 0.3) is 0 Å². The molecule has 0 aromatic carbocycles. The van der Waals surface area contributed by atoms with Crippen LogP contribution in [0.2, 0.25) is 0 Å². The van der Waals surface area contributed by atoms with Gasteiger partial charge in [-0.3, -0.25) is 4.68 Å². The Morgan fingerprint density at radius 1 is 1.35 bits per heavy atom. The van der Waals surface area contributed by atoms with E-state index in [-0.39, 0.29) is 12.1 Å². The van der Waals surface area contributed by atoms with Crippen LogP contribution in [0.15, 0.2) is 25.2 Å². The number of aliphatic hydroxyl groups is 1. The number of aliphatic hydroxyl groups excluding tert-OH is 1. The molecule has 90 valence electrons. The third-order valence-electron chi connectivity index (χ3n) is 2.33. The fourth-order valence-corrected chi connectivity index (χ4v) is 1.44. The molecule has 1 atom stereocenters. The molecule has 0 amide bonds. The zero-order valence-corrected chi connectivity index (χ0v) is 9.07. The van der Waals surface area contributed by atoms with Gasteiger partial charge in [0.15, 0.2) is 5.82 Å². The van der Waals surface area contributed by atoms with E-state index in [1.807, 2.05) is 0 Å². The molecule has 0 fully saturated rings. The number of hydrogen-bond donors (Lipinski definition) is 1. The van der Waals surface area contributed by atoms with Crippen LogP contribution in [-0.2, 0) is 13.0 Å². The van der Waals surface area contributed by atoms with Crippen molar-refractivity contribution in [3.8, 4) is 0 Å². The third kappa shape index (κ3) is 3.28. The molecule has 2 aromatic rings. The molecular formula is C10H12FN5O. The molecule has 2 rings (SSSR count). The van der Waals surface area contributed by atoms with Gasteiger partial charge < -0.3 is 5.11 Å². The molecule has 6 nitrogen and oxygen atoms in total. The molecule has 2 heterocycles. The summed E-state index contributed by atoms with van der Waals surface area (Å²) in [6.07, 6.45) is 5.32. The van der Waals surface area contributed by atoms with E-state index >= 15 is 0 Å². The summed E-state index contributed by atoms with van der Waals surface area (Å²) in [7, 11) is 0. The van der Waals surface area contributed by atoms with Gasteiger partial charge in [0.05, 0.1) is 18.0 Å². The standard InChI is InChI=1S/C10H12FN5O/c11-9-4-12-5-14-10(9)3-8(17)1-2-16-7-13-6-15-16/h4-8,17H,1-3H2. The molecule has 17 heavy (non-hydrogen) atoms. The first-order valence-electron chi connectivity index (χ1n) is 5.20. The first-order chi connectivity index (χ1) is 8.25. The lowest BCUT2D eigenvalue weighted by atomic mass is 10.1. The Bertz CT molecular complexity index is 461. The minimum Gasteiger partial charge on any atom is -0.393 e. The lowest BCUT2D eigenvalue weighted by Crippen LogP contribution is -2.16. The first-order valence-corrected chi connectivity index (χ1v) is 5.20. The zero-order chi connectivity index (χ0) is 12.1. The summed E-state index contributed by atoms with van der Waals surface area (Å²) in [5.74, 6) is -0.493. The van der Waals surface area contributed by atoms with E-state index in [0.29, 0.717) is 13.0 Å². The highest BCUT2D eigenvalue weighted by Gasteiger charge is 2.10. The predicted molar refractivity (Wildman–Crippen MR) is 56.3 cm³/mol. The van der Waals surface area contributed by atoms with Crippen molar-refractivity contribution < 1.29 is 9.50 Å². The predicted octanol–water partition coefficient (Wildman–Crippen LogP) is 0.201. The lowest BCUT2D eigenvalue weighted by molar-refractivity contribution is 0.154. The van der Waals surface area contributed by atoms with Gasteiger partial charge in [0, 0.05) is 13.0 Å². The third-order valence-corrected chi connectivity index (χ3v) is 2.33. The van der Waals surface area contributed by atoms with Crippen LogP contribution in [0.5, 0.6) is 0 Å². The quantitative estimate of drug-likeness (QED) is 0.803. The topological polar surface area (TPSA) is 76.7 Å². The van der Waals surface area contributed by atoms with Crippen LogP contribution in [0.4, 0.5) is 4.39 Å². The Balaban J connectivity index is 1.85. The summed E-state index contributed by atoms with van der Waals surface area (Å²) in [6, 6.07) is 0. The maximum Gasteiger partial charge on any atom is 0.163 e. The summed E-state index contributed by atoms with van der Waals surface area (Å²) in [5, 5.41) is 13.6. The van der Waals surface area contributed by atoms with Crippen LogP contribution in [0.25, 0.3) is 0 Å². The van der Waals surface area contributed by atoms with Crippen molar-refractivity contribution in [3.05, 3.63) is 36.7 Å². The number of halogens is 1. The molecule has 0 aliphatic rings. The van der Waals surface area contributed by atoms with Crippen molar-refractivity contribution in [1.29, 1.82) is 0 Å². The molecule has 1 N–H and O–H groups in total. The van der Waals surface area contributed by atoms with Crippen LogP contribution in [0, 0.1) is 5.82 Å². The van der Waals surface area contributed by atoms with Gasteiger partial charge in [-0.25, -0.2) is 19.3 Å². The van der Waals surface area contributed by atoms with Gasteiger partial charge in [0.2, 0.25) is 0 Å². The number of hydrogen-bond acceptors (Lipinski definition) is 5. The summed E-state index contributed by atoms with van der Waals surface area (Å²) in [5.41, 5.74) is 0.228. The molecule has 0 bridgehead atoms. The average Bonchev–Trinajstić information content (AvgIpc) is 2.82. The average molecular weight is 237 g/mol. The largest absolute Gasteiger partial charge is 0.393 e. The number of rotatable bonds is 5. The van der Waals surface area contributed by atoms with Crippen LogP contribution in [0.3, 0.4) is 0 Å². The fraction of sp³-hybridized carbons (Fsp3) is 0.400. The van der Waals surface area contributed by atoms with Crippen molar-refractivity contribution in [2.24, 2.45) is 0 Å². The van der Waals surface area contributed by atoms with Gasteiger partial charge in [-0.1, -0.05) is 0 Å². The molecule has 0 aliphatic heterocycles. The van der Waals surface area contributed by atoms with E-state index in [4.69, 9.17) is 0 Å². The Morgan fingerprint density at radius 2 is 2.24 bits per heavy atom. The summed E-state index contributed by atoms with van der Waals surface area (Å²) in [6.45, 7) is 0.536. The van der Waals surface area contributed by atoms with Gasteiger partial charge in [-0.2, -0.15) is 5.10 Å². The smallest absolute Gasteiger partial charge is 0.163 e. The second-order valence-electron chi connectivity index (χ2n) is 3.62. The summed E-state index contributed by atoms with van der Waals surface area (Å²) < 4.78 is 14.8. The first kappa shape index (κ1) is 11.6. The van der Waals surface area contributed by atoms with E-state index < -0.39 is 11.9 Å². The molecule has 1 unspecified atom stereocenters. The highest BCUT2D eigenvalue weighted by atomic mass is 19.1. The Morgan fingerprint density at radius 3 is 2.94 bits per heavy atom. The fourth-order valence-electron chi connectivity index (χ4n) is 1.44. The second kappa shape index (κ2) is 5.44. The minimum atomic E-state index is -0.663. The van der Waals surface area contributed by atoms with Crippen molar-refractivity contribution in [1.82, 2.24) is 24.7 Å². The number of aryl methyl sites for hydroxylation is 1. The Kier molecular flexibility index (Phi) is 3.71. The maximum absolute atomic E-state index is 13.2. The maximum atomic E-state index is 13.2. The van der Waals surface area contributed by atoms with Gasteiger partial charge in [-0.05, 0) is 6.42 Å². The minimum absolute atomic E-state index is 0.170. The van der Waals surface area contributed by atoms with Crippen LogP contribution >= 0.6 is 0 Å². The van der Waals surface area contributed by atoms with E-state index in [9.17, 15) is 9.50 Å². The van der Waals surface area contributed by atoms with Crippen molar-refractivity contribution in [3.63, 3.8) is 0 Å².